The van der Waals surface area contributed by atoms with Gasteiger partial charge in [0.1, 0.15) is 12.4 Å². The zero-order valence-electron chi connectivity index (χ0n) is 11.5. The van der Waals surface area contributed by atoms with E-state index in [-0.39, 0.29) is 25.2 Å². The van der Waals surface area contributed by atoms with E-state index in [1.54, 1.807) is 6.07 Å². The molecule has 1 heterocycles. The topological polar surface area (TPSA) is 70.6 Å². The highest BCUT2D eigenvalue weighted by molar-refractivity contribution is 5.74. The van der Waals surface area contributed by atoms with Gasteiger partial charge in [-0.1, -0.05) is 11.8 Å². The molecule has 6 heteroatoms. The molecule has 1 fully saturated rings. The van der Waals surface area contributed by atoms with Gasteiger partial charge in [-0.3, -0.25) is 0 Å². The van der Waals surface area contributed by atoms with Gasteiger partial charge in [0.05, 0.1) is 12.6 Å². The standard InChI is InChI=1S/C15H17FN2O3/c16-14-4-3-11(2-1-6-19)8-12(14)9-17-15(20)18-13-5-7-21-10-13/h3-4,8,13,19H,5-7,9-10H2,(H2,17,18,20). The summed E-state index contributed by atoms with van der Waals surface area (Å²) in [7, 11) is 0. The number of hydrogen-bond donors (Lipinski definition) is 3. The van der Waals surface area contributed by atoms with Gasteiger partial charge in [-0.25, -0.2) is 9.18 Å². The normalized spacial score (nSPS) is 17.0. The lowest BCUT2D eigenvalue weighted by Gasteiger charge is -2.12. The number of carbonyl (C=O) groups excluding carboxylic acids is 1. The van der Waals surface area contributed by atoms with Crippen molar-refractivity contribution in [1.82, 2.24) is 10.6 Å². The van der Waals surface area contributed by atoms with Crippen molar-refractivity contribution < 1.29 is 19.0 Å². The lowest BCUT2D eigenvalue weighted by Crippen LogP contribution is -2.42. The summed E-state index contributed by atoms with van der Waals surface area (Å²) in [5.74, 6) is 4.78. The lowest BCUT2D eigenvalue weighted by atomic mass is 10.1. The molecule has 0 bridgehead atoms. The van der Waals surface area contributed by atoms with Crippen LogP contribution in [0.25, 0.3) is 0 Å². The van der Waals surface area contributed by atoms with Gasteiger partial charge in [-0.2, -0.15) is 0 Å². The fourth-order valence-electron chi connectivity index (χ4n) is 1.99. The quantitative estimate of drug-likeness (QED) is 0.720. The first kappa shape index (κ1) is 15.3. The number of carbonyl (C=O) groups is 1. The zero-order chi connectivity index (χ0) is 15.1. The van der Waals surface area contributed by atoms with Gasteiger partial charge >= 0.3 is 6.03 Å². The van der Waals surface area contributed by atoms with Crippen molar-refractivity contribution in [1.29, 1.82) is 0 Å². The molecule has 0 aliphatic carbocycles. The van der Waals surface area contributed by atoms with Gasteiger partial charge in [0.25, 0.3) is 0 Å². The number of halogens is 1. The van der Waals surface area contributed by atoms with E-state index in [0.717, 1.165) is 6.42 Å². The van der Waals surface area contributed by atoms with Gasteiger partial charge in [0.2, 0.25) is 0 Å². The van der Waals surface area contributed by atoms with Gasteiger partial charge in [0, 0.05) is 24.3 Å². The molecule has 1 aromatic carbocycles. The largest absolute Gasteiger partial charge is 0.384 e. The molecule has 2 rings (SSSR count). The van der Waals surface area contributed by atoms with Gasteiger partial charge in [0.15, 0.2) is 0 Å². The van der Waals surface area contributed by atoms with Crippen LogP contribution in [0.5, 0.6) is 0 Å². The van der Waals surface area contributed by atoms with Gasteiger partial charge in [-0.15, -0.1) is 0 Å². The molecule has 0 spiro atoms. The number of hydrogen-bond acceptors (Lipinski definition) is 3. The Morgan fingerprint density at radius 3 is 3.10 bits per heavy atom. The molecular weight excluding hydrogens is 275 g/mol. The number of ether oxygens (including phenoxy) is 1. The number of nitrogens with one attached hydrogen (secondary N) is 2. The van der Waals surface area contributed by atoms with Crippen LogP contribution in [0.1, 0.15) is 17.5 Å². The summed E-state index contributed by atoms with van der Waals surface area (Å²) in [6, 6.07) is 4.03. The van der Waals surface area contributed by atoms with Crippen LogP contribution in [0.2, 0.25) is 0 Å². The maximum Gasteiger partial charge on any atom is 0.315 e. The third kappa shape index (κ3) is 4.74. The van der Waals surface area contributed by atoms with Crippen molar-refractivity contribution in [3.63, 3.8) is 0 Å². The van der Waals surface area contributed by atoms with Crippen molar-refractivity contribution in [2.45, 2.75) is 19.0 Å². The molecule has 1 saturated heterocycles. The lowest BCUT2D eigenvalue weighted by molar-refractivity contribution is 0.188. The Bertz CT molecular complexity index is 560. The van der Waals surface area contributed by atoms with Crippen LogP contribution in [0, 0.1) is 17.7 Å². The Balaban J connectivity index is 1.90. The number of benzene rings is 1. The van der Waals surface area contributed by atoms with Crippen LogP contribution in [-0.4, -0.2) is 37.0 Å². The van der Waals surface area contributed by atoms with Crippen molar-refractivity contribution in [2.24, 2.45) is 0 Å². The number of rotatable bonds is 3. The van der Waals surface area contributed by atoms with Gasteiger partial charge in [-0.05, 0) is 24.6 Å². The number of aliphatic hydroxyl groups is 1. The number of amides is 2. The van der Waals surface area contributed by atoms with Crippen molar-refractivity contribution >= 4 is 6.03 Å². The second-order valence-electron chi connectivity index (χ2n) is 4.65. The fraction of sp³-hybridized carbons (Fsp3) is 0.400. The Kier molecular flexibility index (Phi) is 5.55. The Labute approximate surface area is 122 Å². The van der Waals surface area contributed by atoms with Crippen molar-refractivity contribution in [3.05, 3.63) is 35.1 Å². The van der Waals surface area contributed by atoms with E-state index in [2.05, 4.69) is 22.5 Å². The summed E-state index contributed by atoms with van der Waals surface area (Å²) in [5.41, 5.74) is 0.935. The van der Waals surface area contributed by atoms with E-state index in [9.17, 15) is 9.18 Å². The van der Waals surface area contributed by atoms with Crippen LogP contribution >= 0.6 is 0 Å². The molecule has 1 aliphatic rings. The minimum Gasteiger partial charge on any atom is -0.384 e. The summed E-state index contributed by atoms with van der Waals surface area (Å²) in [6.07, 6.45) is 0.786. The molecule has 1 aromatic rings. The SMILES string of the molecule is O=C(NCc1cc(C#CCO)ccc1F)NC1CCOC1. The predicted octanol–water partition coefficient (Wildman–Crippen LogP) is 0.758. The fourth-order valence-corrected chi connectivity index (χ4v) is 1.99. The predicted molar refractivity (Wildman–Crippen MR) is 75.0 cm³/mol. The van der Waals surface area contributed by atoms with Crippen LogP contribution in [0.4, 0.5) is 9.18 Å². The van der Waals surface area contributed by atoms with E-state index in [0.29, 0.717) is 24.3 Å². The smallest absolute Gasteiger partial charge is 0.315 e. The van der Waals surface area contributed by atoms with Crippen molar-refractivity contribution in [3.8, 4) is 11.8 Å². The first-order valence-electron chi connectivity index (χ1n) is 6.69. The summed E-state index contributed by atoms with van der Waals surface area (Å²) in [6.45, 7) is 0.968. The van der Waals surface area contributed by atoms with Crippen LogP contribution in [-0.2, 0) is 11.3 Å². The van der Waals surface area contributed by atoms with E-state index < -0.39 is 5.82 Å². The molecular formula is C15H17FN2O3. The first-order chi connectivity index (χ1) is 10.2. The molecule has 0 aromatic heterocycles. The third-order valence-corrected chi connectivity index (χ3v) is 3.06. The highest BCUT2D eigenvalue weighted by Gasteiger charge is 2.17. The average Bonchev–Trinajstić information content (AvgIpc) is 2.98. The Hall–Kier alpha value is -2.10. The third-order valence-electron chi connectivity index (χ3n) is 3.06. The molecule has 2 amide bonds. The molecule has 0 saturated carbocycles. The monoisotopic (exact) mass is 292 g/mol. The van der Waals surface area contributed by atoms with E-state index >= 15 is 0 Å². The number of urea groups is 1. The summed E-state index contributed by atoms with van der Waals surface area (Å²) < 4.78 is 18.8. The van der Waals surface area contributed by atoms with Crippen LogP contribution < -0.4 is 10.6 Å². The molecule has 1 atom stereocenters. The zero-order valence-corrected chi connectivity index (χ0v) is 11.5. The molecule has 21 heavy (non-hydrogen) atoms. The second kappa shape index (κ2) is 7.62. The highest BCUT2D eigenvalue weighted by Crippen LogP contribution is 2.10. The van der Waals surface area contributed by atoms with Crippen molar-refractivity contribution in [2.75, 3.05) is 19.8 Å². The van der Waals surface area contributed by atoms with Crippen LogP contribution in [0.3, 0.4) is 0 Å². The first-order valence-corrected chi connectivity index (χ1v) is 6.69. The molecule has 1 unspecified atom stereocenters. The van der Waals surface area contributed by atoms with Gasteiger partial charge < -0.3 is 20.5 Å². The maximum atomic E-state index is 13.7. The number of aliphatic hydroxyl groups excluding tert-OH is 1. The van der Waals surface area contributed by atoms with E-state index in [1.165, 1.54) is 12.1 Å². The molecule has 0 radical (unpaired) electrons. The summed E-state index contributed by atoms with van der Waals surface area (Å²) >= 11 is 0. The molecule has 112 valence electrons. The average molecular weight is 292 g/mol. The molecule has 1 aliphatic heterocycles. The Morgan fingerprint density at radius 1 is 1.52 bits per heavy atom. The van der Waals surface area contributed by atoms with E-state index in [1.807, 2.05) is 0 Å². The van der Waals surface area contributed by atoms with Crippen LogP contribution in [0.15, 0.2) is 18.2 Å². The Morgan fingerprint density at radius 2 is 2.38 bits per heavy atom. The second-order valence-corrected chi connectivity index (χ2v) is 4.65. The van der Waals surface area contributed by atoms with E-state index in [4.69, 9.17) is 9.84 Å². The minimum absolute atomic E-state index is 0.0107. The molecule has 5 nitrogen and oxygen atoms in total. The molecule has 3 N–H and O–H groups in total. The highest BCUT2D eigenvalue weighted by atomic mass is 19.1. The summed E-state index contributed by atoms with van der Waals surface area (Å²) in [5, 5.41) is 14.0. The minimum atomic E-state index is -0.408. The summed E-state index contributed by atoms with van der Waals surface area (Å²) in [4.78, 5) is 11.7. The maximum absolute atomic E-state index is 13.7.